The lowest BCUT2D eigenvalue weighted by Crippen LogP contribution is -2.49. The number of benzene rings is 2. The Labute approximate surface area is 218 Å². The van der Waals surface area contributed by atoms with Crippen molar-refractivity contribution < 1.29 is 31.1 Å². The molecule has 1 saturated heterocycles. The number of aryl methyl sites for hydroxylation is 1. The number of sulfonamides is 1. The Kier molecular flexibility index (Phi) is 8.00. The van der Waals surface area contributed by atoms with E-state index in [-0.39, 0.29) is 24.0 Å². The quantitative estimate of drug-likeness (QED) is 0.406. The second-order valence-electron chi connectivity index (χ2n) is 8.89. The van der Waals surface area contributed by atoms with Crippen LogP contribution in [0.1, 0.15) is 18.1 Å². The van der Waals surface area contributed by atoms with Gasteiger partial charge in [0.2, 0.25) is 15.9 Å². The zero-order valence-electron chi connectivity index (χ0n) is 20.5. The summed E-state index contributed by atoms with van der Waals surface area (Å²) in [6.07, 6.45) is -4.80. The molecule has 1 aliphatic rings. The normalized spacial score (nSPS) is 15.2. The largest absolute Gasteiger partial charge is 0.573 e. The summed E-state index contributed by atoms with van der Waals surface area (Å²) in [5.74, 6) is -0.491. The summed E-state index contributed by atoms with van der Waals surface area (Å²) in [4.78, 5) is 15.3. The predicted molar refractivity (Wildman–Crippen MR) is 138 cm³/mol. The molecule has 1 amide bonds. The number of hydrogen-bond donors (Lipinski definition) is 0. The molecule has 200 valence electrons. The van der Waals surface area contributed by atoms with E-state index in [1.807, 2.05) is 36.1 Å². The molecule has 1 aromatic heterocycles. The SMILES string of the molecule is CC(=O)N1CCN(CCS(=O)(=O)N(Cc2ccc(OC(F)(F)F)cc2)c2sc3ccccc3c2C)CC1. The number of thiophene rings is 1. The summed E-state index contributed by atoms with van der Waals surface area (Å²) in [5.41, 5.74) is 1.36. The Hall–Kier alpha value is -2.83. The van der Waals surface area contributed by atoms with Gasteiger partial charge in [0.1, 0.15) is 10.8 Å². The van der Waals surface area contributed by atoms with E-state index in [2.05, 4.69) is 4.74 Å². The molecule has 0 aliphatic carbocycles. The van der Waals surface area contributed by atoms with E-state index in [0.29, 0.717) is 43.3 Å². The van der Waals surface area contributed by atoms with Crippen LogP contribution in [-0.4, -0.2) is 69.0 Å². The van der Waals surface area contributed by atoms with Gasteiger partial charge in [-0.1, -0.05) is 30.3 Å². The number of alkyl halides is 3. The Balaban J connectivity index is 1.57. The third-order valence-electron chi connectivity index (χ3n) is 6.35. The van der Waals surface area contributed by atoms with Gasteiger partial charge >= 0.3 is 6.36 Å². The van der Waals surface area contributed by atoms with Crippen LogP contribution in [0.5, 0.6) is 5.75 Å². The number of ether oxygens (including phenoxy) is 1. The van der Waals surface area contributed by atoms with Gasteiger partial charge in [0.15, 0.2) is 0 Å². The number of fused-ring (bicyclic) bond motifs is 1. The van der Waals surface area contributed by atoms with E-state index in [1.54, 1.807) is 4.90 Å². The Bertz CT molecular complexity index is 1350. The van der Waals surface area contributed by atoms with Crippen LogP contribution in [0.4, 0.5) is 18.2 Å². The lowest BCUT2D eigenvalue weighted by molar-refractivity contribution is -0.274. The molecule has 4 rings (SSSR count). The Morgan fingerprint density at radius 1 is 1.05 bits per heavy atom. The van der Waals surface area contributed by atoms with Crippen molar-refractivity contribution in [3.63, 3.8) is 0 Å². The molecule has 0 atom stereocenters. The first-order chi connectivity index (χ1) is 17.4. The second-order valence-corrected chi connectivity index (χ2v) is 11.9. The van der Waals surface area contributed by atoms with Crippen LogP contribution in [0, 0.1) is 6.92 Å². The van der Waals surface area contributed by atoms with Crippen LogP contribution in [-0.2, 0) is 21.4 Å². The van der Waals surface area contributed by atoms with Crippen molar-refractivity contribution in [1.82, 2.24) is 9.80 Å². The van der Waals surface area contributed by atoms with Gasteiger partial charge in [0.05, 0.1) is 12.3 Å². The van der Waals surface area contributed by atoms with E-state index in [0.717, 1.165) is 15.6 Å². The van der Waals surface area contributed by atoms with E-state index in [4.69, 9.17) is 0 Å². The van der Waals surface area contributed by atoms with Gasteiger partial charge in [0.25, 0.3) is 0 Å². The number of carbonyl (C=O) groups excluding carboxylic acids is 1. The number of nitrogens with zero attached hydrogens (tertiary/aromatic N) is 3. The molecular formula is C25H28F3N3O4S2. The monoisotopic (exact) mass is 555 g/mol. The fourth-order valence-electron chi connectivity index (χ4n) is 4.30. The molecule has 2 heterocycles. The third-order valence-corrected chi connectivity index (χ3v) is 9.44. The Morgan fingerprint density at radius 2 is 1.70 bits per heavy atom. The summed E-state index contributed by atoms with van der Waals surface area (Å²) >= 11 is 1.37. The zero-order valence-corrected chi connectivity index (χ0v) is 22.1. The highest BCUT2D eigenvalue weighted by Gasteiger charge is 2.31. The first-order valence-corrected chi connectivity index (χ1v) is 14.2. The highest BCUT2D eigenvalue weighted by molar-refractivity contribution is 7.93. The second kappa shape index (κ2) is 10.9. The molecule has 0 saturated carbocycles. The number of piperazine rings is 1. The topological polar surface area (TPSA) is 70.2 Å². The van der Waals surface area contributed by atoms with Crippen LogP contribution >= 0.6 is 11.3 Å². The van der Waals surface area contributed by atoms with Crippen molar-refractivity contribution in [3.05, 3.63) is 59.7 Å². The molecule has 37 heavy (non-hydrogen) atoms. The van der Waals surface area contributed by atoms with Crippen molar-refractivity contribution in [3.8, 4) is 5.75 Å². The summed E-state index contributed by atoms with van der Waals surface area (Å²) in [6, 6.07) is 12.9. The van der Waals surface area contributed by atoms with Gasteiger partial charge < -0.3 is 9.64 Å². The average molecular weight is 556 g/mol. The number of halogens is 3. The van der Waals surface area contributed by atoms with Crippen LogP contribution in [0.25, 0.3) is 10.1 Å². The maximum Gasteiger partial charge on any atom is 0.573 e. The van der Waals surface area contributed by atoms with Crippen molar-refractivity contribution in [2.45, 2.75) is 26.8 Å². The fourth-order valence-corrected chi connectivity index (χ4v) is 7.31. The van der Waals surface area contributed by atoms with Crippen molar-refractivity contribution >= 4 is 42.4 Å². The van der Waals surface area contributed by atoms with Gasteiger partial charge in [0, 0.05) is 44.3 Å². The zero-order chi connectivity index (χ0) is 26.8. The molecule has 0 radical (unpaired) electrons. The maximum absolute atomic E-state index is 13.7. The summed E-state index contributed by atoms with van der Waals surface area (Å²) < 4.78 is 71.3. The molecule has 1 aliphatic heterocycles. The average Bonchev–Trinajstić information content (AvgIpc) is 3.17. The Morgan fingerprint density at radius 3 is 2.30 bits per heavy atom. The van der Waals surface area contributed by atoms with E-state index in [9.17, 15) is 26.4 Å². The molecule has 0 N–H and O–H groups in total. The summed E-state index contributed by atoms with van der Waals surface area (Å²) in [7, 11) is -3.80. The number of carbonyl (C=O) groups is 1. The molecule has 0 spiro atoms. The fraction of sp³-hybridized carbons (Fsp3) is 0.400. The number of hydrogen-bond acceptors (Lipinski definition) is 6. The van der Waals surface area contributed by atoms with Crippen molar-refractivity contribution in [1.29, 1.82) is 0 Å². The molecule has 2 aromatic carbocycles. The van der Waals surface area contributed by atoms with Crippen molar-refractivity contribution in [2.24, 2.45) is 0 Å². The van der Waals surface area contributed by atoms with Crippen molar-refractivity contribution in [2.75, 3.05) is 42.8 Å². The predicted octanol–water partition coefficient (Wildman–Crippen LogP) is 4.61. The highest BCUT2D eigenvalue weighted by atomic mass is 32.2. The van der Waals surface area contributed by atoms with E-state index in [1.165, 1.54) is 46.8 Å². The number of amides is 1. The van der Waals surface area contributed by atoms with Crippen LogP contribution in [0.15, 0.2) is 48.5 Å². The van der Waals surface area contributed by atoms with Gasteiger partial charge in [-0.2, -0.15) is 0 Å². The molecular weight excluding hydrogens is 527 g/mol. The van der Waals surface area contributed by atoms with Gasteiger partial charge in [-0.15, -0.1) is 24.5 Å². The van der Waals surface area contributed by atoms with Gasteiger partial charge in [-0.3, -0.25) is 14.0 Å². The third kappa shape index (κ3) is 6.74. The number of anilines is 1. The maximum atomic E-state index is 13.7. The lowest BCUT2D eigenvalue weighted by Gasteiger charge is -2.34. The summed E-state index contributed by atoms with van der Waals surface area (Å²) in [5, 5.41) is 1.54. The van der Waals surface area contributed by atoms with Crippen LogP contribution in [0.3, 0.4) is 0 Å². The van der Waals surface area contributed by atoms with Gasteiger partial charge in [-0.25, -0.2) is 8.42 Å². The van der Waals surface area contributed by atoms with E-state index >= 15 is 0 Å². The van der Waals surface area contributed by atoms with Crippen LogP contribution < -0.4 is 9.04 Å². The minimum atomic E-state index is -4.80. The standard InChI is InChI=1S/C25H28F3N3O4S2/c1-18-22-5-3-4-6-23(22)36-24(18)31(17-20-7-9-21(10-8-20)35-25(26,27)28)37(33,34)16-15-29-11-13-30(14-12-29)19(2)32/h3-10H,11-17H2,1-2H3. The minimum Gasteiger partial charge on any atom is -0.406 e. The minimum absolute atomic E-state index is 0.00494. The van der Waals surface area contributed by atoms with E-state index < -0.39 is 16.4 Å². The molecule has 0 bridgehead atoms. The molecule has 7 nitrogen and oxygen atoms in total. The molecule has 12 heteroatoms. The smallest absolute Gasteiger partial charge is 0.406 e. The molecule has 0 unspecified atom stereocenters. The van der Waals surface area contributed by atoms with Gasteiger partial charge in [-0.05, 0) is 41.6 Å². The highest BCUT2D eigenvalue weighted by Crippen LogP contribution is 2.39. The molecule has 3 aromatic rings. The van der Waals surface area contributed by atoms with Crippen LogP contribution in [0.2, 0.25) is 0 Å². The first-order valence-electron chi connectivity index (χ1n) is 11.7. The first kappa shape index (κ1) is 27.2. The molecule has 1 fully saturated rings. The summed E-state index contributed by atoms with van der Waals surface area (Å²) in [6.45, 7) is 5.98. The number of rotatable bonds is 8. The lowest BCUT2D eigenvalue weighted by atomic mass is 10.2.